The van der Waals surface area contributed by atoms with Gasteiger partial charge >= 0.3 is 5.97 Å². The second kappa shape index (κ2) is 17.9. The summed E-state index contributed by atoms with van der Waals surface area (Å²) in [6, 6.07) is 7.53. The molecule has 0 aliphatic rings. The number of benzene rings is 1. The molecule has 30 heavy (non-hydrogen) atoms. The Bertz CT molecular complexity index is 601. The number of carbonyl (C=O) groups excluding carboxylic acids is 1. The summed E-state index contributed by atoms with van der Waals surface area (Å²) in [5, 5.41) is 8.58. The molecule has 0 atom stereocenters. The number of ketones is 1. The van der Waals surface area contributed by atoms with Crippen molar-refractivity contribution in [1.29, 1.82) is 0 Å². The molecule has 3 heteroatoms. The van der Waals surface area contributed by atoms with Crippen molar-refractivity contribution in [1.82, 2.24) is 0 Å². The lowest BCUT2D eigenvalue weighted by Crippen LogP contribution is -1.97. The maximum absolute atomic E-state index is 11.8. The molecule has 0 heterocycles. The van der Waals surface area contributed by atoms with Gasteiger partial charge in [0.1, 0.15) is 0 Å². The van der Waals surface area contributed by atoms with E-state index in [4.69, 9.17) is 5.11 Å². The van der Waals surface area contributed by atoms with Crippen molar-refractivity contribution in [3.05, 3.63) is 47.5 Å². The van der Waals surface area contributed by atoms with Crippen molar-refractivity contribution < 1.29 is 14.7 Å². The van der Waals surface area contributed by atoms with Crippen molar-refractivity contribution in [2.45, 2.75) is 110 Å². The van der Waals surface area contributed by atoms with E-state index >= 15 is 0 Å². The van der Waals surface area contributed by atoms with Gasteiger partial charge in [0.15, 0.2) is 5.78 Å². The van der Waals surface area contributed by atoms with Gasteiger partial charge in [0.05, 0.1) is 0 Å². The lowest BCUT2D eigenvalue weighted by molar-refractivity contribution is -0.131. The van der Waals surface area contributed by atoms with Gasteiger partial charge in [-0.05, 0) is 24.5 Å². The smallest absolute Gasteiger partial charge is 0.328 e. The van der Waals surface area contributed by atoms with Crippen LogP contribution >= 0.6 is 0 Å². The molecular weight excluding hydrogens is 372 g/mol. The molecule has 3 nitrogen and oxygen atoms in total. The molecule has 0 fully saturated rings. The standard InChI is InChI=1S/C27H42O3/c1-2-3-4-5-6-7-8-9-10-11-12-13-14-15-16-17-24-18-20-25(21-19-24)26(28)22-23-27(29)30/h18-23H,2-17H2,1H3,(H,29,30)/b23-22+. The van der Waals surface area contributed by atoms with Gasteiger partial charge in [-0.3, -0.25) is 4.79 Å². The van der Waals surface area contributed by atoms with E-state index in [1.165, 1.54) is 102 Å². The number of hydrogen-bond donors (Lipinski definition) is 1. The highest BCUT2D eigenvalue weighted by atomic mass is 16.4. The molecule has 1 rings (SSSR count). The number of unbranched alkanes of at least 4 members (excludes halogenated alkanes) is 14. The van der Waals surface area contributed by atoms with Gasteiger partial charge in [0, 0.05) is 11.6 Å². The zero-order valence-corrected chi connectivity index (χ0v) is 19.0. The first-order chi connectivity index (χ1) is 14.6. The summed E-state index contributed by atoms with van der Waals surface area (Å²) in [6.07, 6.45) is 23.6. The molecule has 0 radical (unpaired) electrons. The summed E-state index contributed by atoms with van der Waals surface area (Å²) in [7, 11) is 0. The third-order valence-corrected chi connectivity index (χ3v) is 5.68. The van der Waals surface area contributed by atoms with Gasteiger partial charge in [-0.2, -0.15) is 0 Å². The van der Waals surface area contributed by atoms with Gasteiger partial charge in [0.25, 0.3) is 0 Å². The predicted molar refractivity (Wildman–Crippen MR) is 126 cm³/mol. The summed E-state index contributed by atoms with van der Waals surface area (Å²) in [5.74, 6) is -1.37. The van der Waals surface area contributed by atoms with E-state index in [0.29, 0.717) is 5.56 Å². The minimum Gasteiger partial charge on any atom is -0.478 e. The van der Waals surface area contributed by atoms with E-state index in [0.717, 1.165) is 18.6 Å². The molecule has 0 aliphatic heterocycles. The van der Waals surface area contributed by atoms with Crippen molar-refractivity contribution >= 4 is 11.8 Å². The van der Waals surface area contributed by atoms with Crippen LogP contribution in [0.15, 0.2) is 36.4 Å². The third kappa shape index (κ3) is 14.1. The van der Waals surface area contributed by atoms with Crippen LogP contribution in [0.5, 0.6) is 0 Å². The van der Waals surface area contributed by atoms with Crippen LogP contribution in [0.3, 0.4) is 0 Å². The van der Waals surface area contributed by atoms with Crippen molar-refractivity contribution in [2.24, 2.45) is 0 Å². The van der Waals surface area contributed by atoms with E-state index < -0.39 is 5.97 Å². The largest absolute Gasteiger partial charge is 0.478 e. The van der Waals surface area contributed by atoms with Gasteiger partial charge in [-0.25, -0.2) is 4.79 Å². The molecule has 0 aliphatic carbocycles. The zero-order chi connectivity index (χ0) is 21.9. The fraction of sp³-hybridized carbons (Fsp3) is 0.630. The minimum atomic E-state index is -1.10. The first-order valence-corrected chi connectivity index (χ1v) is 12.2. The molecule has 0 spiro atoms. The van der Waals surface area contributed by atoms with Crippen LogP contribution in [0, 0.1) is 0 Å². The molecule has 1 aromatic carbocycles. The Morgan fingerprint density at radius 2 is 1.10 bits per heavy atom. The number of allylic oxidation sites excluding steroid dienone is 1. The molecule has 0 saturated heterocycles. The Morgan fingerprint density at radius 3 is 1.53 bits per heavy atom. The van der Waals surface area contributed by atoms with Crippen LogP contribution in [0.2, 0.25) is 0 Å². The SMILES string of the molecule is CCCCCCCCCCCCCCCCCc1ccc(C(=O)/C=C/C(=O)O)cc1. The van der Waals surface area contributed by atoms with E-state index in [2.05, 4.69) is 6.92 Å². The molecule has 0 unspecified atom stereocenters. The third-order valence-electron chi connectivity index (χ3n) is 5.68. The average molecular weight is 415 g/mol. The van der Waals surface area contributed by atoms with Gasteiger partial charge in [-0.1, -0.05) is 121 Å². The molecule has 0 amide bonds. The number of carboxylic acid groups (broad SMARTS) is 1. The summed E-state index contributed by atoms with van der Waals surface area (Å²) < 4.78 is 0. The molecular formula is C27H42O3. The Balaban J connectivity index is 1.96. The highest BCUT2D eigenvalue weighted by Gasteiger charge is 2.03. The molecule has 168 valence electrons. The monoisotopic (exact) mass is 414 g/mol. The predicted octanol–water partition coefficient (Wildman–Crippen LogP) is 7.92. The average Bonchev–Trinajstić information content (AvgIpc) is 2.75. The lowest BCUT2D eigenvalue weighted by atomic mass is 10.0. The zero-order valence-electron chi connectivity index (χ0n) is 19.0. The first-order valence-electron chi connectivity index (χ1n) is 12.2. The molecule has 1 aromatic rings. The number of aryl methyl sites for hydroxylation is 1. The normalized spacial score (nSPS) is 11.2. The Morgan fingerprint density at radius 1 is 0.667 bits per heavy atom. The number of rotatable bonds is 19. The second-order valence-electron chi connectivity index (χ2n) is 8.43. The lowest BCUT2D eigenvalue weighted by Gasteiger charge is -2.04. The van der Waals surface area contributed by atoms with Gasteiger partial charge in [-0.15, -0.1) is 0 Å². The van der Waals surface area contributed by atoms with Crippen molar-refractivity contribution in [3.63, 3.8) is 0 Å². The van der Waals surface area contributed by atoms with Crippen LogP contribution in [0.1, 0.15) is 119 Å². The summed E-state index contributed by atoms with van der Waals surface area (Å²) >= 11 is 0. The minimum absolute atomic E-state index is 0.268. The number of carbonyl (C=O) groups is 2. The van der Waals surface area contributed by atoms with Crippen LogP contribution in [0.25, 0.3) is 0 Å². The van der Waals surface area contributed by atoms with Crippen LogP contribution in [-0.2, 0) is 11.2 Å². The maximum Gasteiger partial charge on any atom is 0.328 e. The van der Waals surface area contributed by atoms with Crippen molar-refractivity contribution in [2.75, 3.05) is 0 Å². The fourth-order valence-electron chi connectivity index (χ4n) is 3.78. The number of hydrogen-bond acceptors (Lipinski definition) is 2. The number of aliphatic carboxylic acids is 1. The van der Waals surface area contributed by atoms with Crippen LogP contribution in [-0.4, -0.2) is 16.9 Å². The Hall–Kier alpha value is -1.90. The number of carboxylic acids is 1. The topological polar surface area (TPSA) is 54.4 Å². The molecule has 0 aromatic heterocycles. The van der Waals surface area contributed by atoms with Gasteiger partial charge < -0.3 is 5.11 Å². The van der Waals surface area contributed by atoms with Crippen LogP contribution < -0.4 is 0 Å². The molecule has 0 bridgehead atoms. The van der Waals surface area contributed by atoms with E-state index in [1.807, 2.05) is 12.1 Å². The maximum atomic E-state index is 11.8. The van der Waals surface area contributed by atoms with E-state index in [-0.39, 0.29) is 5.78 Å². The highest BCUT2D eigenvalue weighted by Crippen LogP contribution is 2.15. The van der Waals surface area contributed by atoms with E-state index in [1.54, 1.807) is 12.1 Å². The second-order valence-corrected chi connectivity index (χ2v) is 8.43. The summed E-state index contributed by atoms with van der Waals surface area (Å²) in [6.45, 7) is 2.27. The van der Waals surface area contributed by atoms with E-state index in [9.17, 15) is 9.59 Å². The van der Waals surface area contributed by atoms with Crippen molar-refractivity contribution in [3.8, 4) is 0 Å². The molecule has 1 N–H and O–H groups in total. The fourth-order valence-corrected chi connectivity index (χ4v) is 3.78. The first kappa shape index (κ1) is 26.1. The van der Waals surface area contributed by atoms with Gasteiger partial charge in [0.2, 0.25) is 0 Å². The van der Waals surface area contributed by atoms with Crippen LogP contribution in [0.4, 0.5) is 0 Å². The Labute approximate surface area is 184 Å². The highest BCUT2D eigenvalue weighted by molar-refractivity contribution is 6.06. The Kier molecular flexibility index (Phi) is 15.6. The molecule has 0 saturated carbocycles. The quantitative estimate of drug-likeness (QED) is 0.142. The summed E-state index contributed by atoms with van der Waals surface area (Å²) in [5.41, 5.74) is 1.77. The summed E-state index contributed by atoms with van der Waals surface area (Å²) in [4.78, 5) is 22.3.